The minimum Gasteiger partial charge on any atom is -0.299 e. The predicted octanol–water partition coefficient (Wildman–Crippen LogP) is 4.21. The van der Waals surface area contributed by atoms with Crippen LogP contribution in [0.5, 0.6) is 0 Å². The summed E-state index contributed by atoms with van der Waals surface area (Å²) in [6.45, 7) is 8.92. The number of hydrogen-bond acceptors (Lipinski definition) is 1. The first kappa shape index (κ1) is 12.7. The Kier molecular flexibility index (Phi) is 4.36. The average molecular weight is 210 g/mol. The Morgan fingerprint density at radius 3 is 2.07 bits per heavy atom. The lowest BCUT2D eigenvalue weighted by Gasteiger charge is -2.34. The SMILES string of the molecule is CCC(CC)C(=O)C1CCC(C)(C)CC1. The van der Waals surface area contributed by atoms with Crippen LogP contribution in [0.3, 0.4) is 0 Å². The largest absolute Gasteiger partial charge is 0.299 e. The minimum atomic E-state index is 0.330. The van der Waals surface area contributed by atoms with Crippen LogP contribution in [0.2, 0.25) is 0 Å². The molecule has 1 rings (SSSR count). The van der Waals surface area contributed by atoms with Gasteiger partial charge in [-0.15, -0.1) is 0 Å². The van der Waals surface area contributed by atoms with Gasteiger partial charge in [-0.2, -0.15) is 0 Å². The smallest absolute Gasteiger partial charge is 0.139 e. The van der Waals surface area contributed by atoms with E-state index in [2.05, 4.69) is 27.7 Å². The van der Waals surface area contributed by atoms with Crippen molar-refractivity contribution in [2.45, 2.75) is 66.2 Å². The number of carbonyl (C=O) groups is 1. The van der Waals surface area contributed by atoms with Gasteiger partial charge in [-0.05, 0) is 43.9 Å². The van der Waals surface area contributed by atoms with Crippen LogP contribution in [-0.4, -0.2) is 5.78 Å². The second kappa shape index (κ2) is 5.14. The van der Waals surface area contributed by atoms with Gasteiger partial charge >= 0.3 is 0 Å². The van der Waals surface area contributed by atoms with Crippen LogP contribution in [0, 0.1) is 17.3 Å². The fourth-order valence-electron chi connectivity index (χ4n) is 2.71. The van der Waals surface area contributed by atoms with E-state index in [1.165, 1.54) is 12.8 Å². The van der Waals surface area contributed by atoms with Crippen molar-refractivity contribution < 1.29 is 4.79 Å². The van der Waals surface area contributed by atoms with Gasteiger partial charge in [0.1, 0.15) is 5.78 Å². The van der Waals surface area contributed by atoms with Crippen molar-refractivity contribution in [2.24, 2.45) is 17.3 Å². The van der Waals surface area contributed by atoms with Gasteiger partial charge in [0.15, 0.2) is 0 Å². The molecule has 0 heterocycles. The third-order valence-electron chi connectivity index (χ3n) is 4.13. The number of hydrogen-bond donors (Lipinski definition) is 0. The Labute approximate surface area is 94.6 Å². The van der Waals surface area contributed by atoms with Crippen LogP contribution >= 0.6 is 0 Å². The zero-order valence-corrected chi connectivity index (χ0v) is 10.8. The van der Waals surface area contributed by atoms with Crippen molar-refractivity contribution in [3.05, 3.63) is 0 Å². The molecule has 1 aliphatic rings. The lowest BCUT2D eigenvalue weighted by molar-refractivity contribution is -0.128. The Balaban J connectivity index is 2.49. The van der Waals surface area contributed by atoms with Crippen LogP contribution < -0.4 is 0 Å². The highest BCUT2D eigenvalue weighted by atomic mass is 16.1. The van der Waals surface area contributed by atoms with Gasteiger partial charge in [0.2, 0.25) is 0 Å². The maximum absolute atomic E-state index is 12.2. The predicted molar refractivity (Wildman–Crippen MR) is 64.8 cm³/mol. The molecule has 0 radical (unpaired) electrons. The van der Waals surface area contributed by atoms with Gasteiger partial charge in [-0.1, -0.05) is 27.7 Å². The highest BCUT2D eigenvalue weighted by Crippen LogP contribution is 2.39. The Morgan fingerprint density at radius 1 is 1.20 bits per heavy atom. The summed E-state index contributed by atoms with van der Waals surface area (Å²) in [7, 11) is 0. The molecule has 0 aromatic heterocycles. The normalized spacial score (nSPS) is 21.9. The Morgan fingerprint density at radius 2 is 1.67 bits per heavy atom. The highest BCUT2D eigenvalue weighted by molar-refractivity contribution is 5.83. The summed E-state index contributed by atoms with van der Waals surface area (Å²) in [6.07, 6.45) is 6.75. The van der Waals surface area contributed by atoms with Gasteiger partial charge in [-0.25, -0.2) is 0 Å². The molecule has 0 amide bonds. The molecule has 0 spiro atoms. The van der Waals surface area contributed by atoms with E-state index in [4.69, 9.17) is 0 Å². The molecule has 0 N–H and O–H groups in total. The van der Waals surface area contributed by atoms with Crippen LogP contribution in [0.4, 0.5) is 0 Å². The zero-order valence-electron chi connectivity index (χ0n) is 10.8. The van der Waals surface area contributed by atoms with E-state index in [0.717, 1.165) is 25.7 Å². The number of Topliss-reactive ketones (excluding diaryl/α,β-unsaturated/α-hetero) is 1. The molecule has 1 saturated carbocycles. The summed E-state index contributed by atoms with van der Waals surface area (Å²) < 4.78 is 0. The molecule has 0 atom stereocenters. The van der Waals surface area contributed by atoms with Gasteiger partial charge < -0.3 is 0 Å². The number of rotatable bonds is 4. The van der Waals surface area contributed by atoms with Crippen LogP contribution in [0.15, 0.2) is 0 Å². The molecule has 0 aromatic rings. The molecule has 15 heavy (non-hydrogen) atoms. The van der Waals surface area contributed by atoms with E-state index in [9.17, 15) is 4.79 Å². The van der Waals surface area contributed by atoms with Crippen LogP contribution in [0.1, 0.15) is 66.2 Å². The molecular formula is C14H26O. The minimum absolute atomic E-state index is 0.330. The van der Waals surface area contributed by atoms with E-state index >= 15 is 0 Å². The maximum atomic E-state index is 12.2. The summed E-state index contributed by atoms with van der Waals surface area (Å²) in [4.78, 5) is 12.2. The summed E-state index contributed by atoms with van der Waals surface area (Å²) in [5.41, 5.74) is 0.477. The van der Waals surface area contributed by atoms with Crippen LogP contribution in [-0.2, 0) is 4.79 Å². The first-order valence-electron chi connectivity index (χ1n) is 6.54. The fraction of sp³-hybridized carbons (Fsp3) is 0.929. The molecular weight excluding hydrogens is 184 g/mol. The molecule has 0 aliphatic heterocycles. The van der Waals surface area contributed by atoms with Crippen molar-refractivity contribution in [1.82, 2.24) is 0 Å². The van der Waals surface area contributed by atoms with Gasteiger partial charge in [0.25, 0.3) is 0 Å². The summed E-state index contributed by atoms with van der Waals surface area (Å²) in [5.74, 6) is 1.26. The second-order valence-electron chi connectivity index (χ2n) is 5.85. The maximum Gasteiger partial charge on any atom is 0.139 e. The van der Waals surface area contributed by atoms with E-state index < -0.39 is 0 Å². The van der Waals surface area contributed by atoms with Crippen molar-refractivity contribution in [3.8, 4) is 0 Å². The van der Waals surface area contributed by atoms with Crippen molar-refractivity contribution in [1.29, 1.82) is 0 Å². The zero-order chi connectivity index (χ0) is 11.5. The first-order valence-corrected chi connectivity index (χ1v) is 6.54. The molecule has 1 fully saturated rings. The second-order valence-corrected chi connectivity index (χ2v) is 5.85. The van der Waals surface area contributed by atoms with Crippen molar-refractivity contribution >= 4 is 5.78 Å². The summed E-state index contributed by atoms with van der Waals surface area (Å²) >= 11 is 0. The summed E-state index contributed by atoms with van der Waals surface area (Å²) in [6, 6.07) is 0. The molecule has 88 valence electrons. The molecule has 1 heteroatoms. The Bertz CT molecular complexity index is 203. The van der Waals surface area contributed by atoms with Crippen LogP contribution in [0.25, 0.3) is 0 Å². The molecule has 0 aromatic carbocycles. The standard InChI is InChI=1S/C14H26O/c1-5-11(6-2)13(15)12-7-9-14(3,4)10-8-12/h11-12H,5-10H2,1-4H3. The molecule has 0 saturated heterocycles. The monoisotopic (exact) mass is 210 g/mol. The van der Waals surface area contributed by atoms with Crippen molar-refractivity contribution in [2.75, 3.05) is 0 Å². The third-order valence-corrected chi connectivity index (χ3v) is 4.13. The average Bonchev–Trinajstić information content (AvgIpc) is 2.19. The van der Waals surface area contributed by atoms with Gasteiger partial charge in [0.05, 0.1) is 0 Å². The lowest BCUT2D eigenvalue weighted by Crippen LogP contribution is -2.29. The number of ketones is 1. The molecule has 1 aliphatic carbocycles. The molecule has 1 nitrogen and oxygen atoms in total. The number of carbonyl (C=O) groups excluding carboxylic acids is 1. The van der Waals surface area contributed by atoms with Gasteiger partial charge in [0, 0.05) is 11.8 Å². The van der Waals surface area contributed by atoms with Gasteiger partial charge in [-0.3, -0.25) is 4.79 Å². The van der Waals surface area contributed by atoms with E-state index in [0.29, 0.717) is 23.0 Å². The Hall–Kier alpha value is -0.330. The van der Waals surface area contributed by atoms with Crippen molar-refractivity contribution in [3.63, 3.8) is 0 Å². The van der Waals surface area contributed by atoms with E-state index in [-0.39, 0.29) is 0 Å². The highest BCUT2D eigenvalue weighted by Gasteiger charge is 2.32. The van der Waals surface area contributed by atoms with E-state index in [1.54, 1.807) is 0 Å². The molecule has 0 unspecified atom stereocenters. The third kappa shape index (κ3) is 3.32. The fourth-order valence-corrected chi connectivity index (χ4v) is 2.71. The van der Waals surface area contributed by atoms with E-state index in [1.807, 2.05) is 0 Å². The first-order chi connectivity index (χ1) is 7.00. The topological polar surface area (TPSA) is 17.1 Å². The quantitative estimate of drug-likeness (QED) is 0.679. The lowest BCUT2D eigenvalue weighted by atomic mass is 9.70. The summed E-state index contributed by atoms with van der Waals surface area (Å²) in [5, 5.41) is 0. The molecule has 0 bridgehead atoms.